The molecule has 15 heavy (non-hydrogen) atoms. The Balaban J connectivity index is 2.60. The van der Waals surface area contributed by atoms with E-state index in [9.17, 15) is 4.79 Å². The van der Waals surface area contributed by atoms with Gasteiger partial charge in [-0.1, -0.05) is 44.5 Å². The average molecular weight is 206 g/mol. The first kappa shape index (κ1) is 11.8. The van der Waals surface area contributed by atoms with Gasteiger partial charge in [-0.3, -0.25) is 4.79 Å². The zero-order valence-corrected chi connectivity index (χ0v) is 9.36. The minimum atomic E-state index is -0.773. The van der Waals surface area contributed by atoms with Crippen LogP contribution in [-0.4, -0.2) is 11.1 Å². The van der Waals surface area contributed by atoms with Crippen LogP contribution in [0.4, 0.5) is 0 Å². The quantitative estimate of drug-likeness (QED) is 0.804. The molecule has 0 aliphatic rings. The van der Waals surface area contributed by atoms with Gasteiger partial charge in [-0.05, 0) is 23.5 Å². The number of aliphatic carboxylic acids is 1. The standard InChI is InChI=1S/C13H18O2/c1-3-10(2)8-11-4-6-12(7-5-11)9-13(14)15/h4-7,10H,3,8-9H2,1-2H3,(H,14,15)/t10-/m0/s1. The van der Waals surface area contributed by atoms with Crippen LogP contribution in [0.1, 0.15) is 31.4 Å². The first-order chi connectivity index (χ1) is 7.11. The van der Waals surface area contributed by atoms with Gasteiger partial charge in [0.05, 0.1) is 6.42 Å². The van der Waals surface area contributed by atoms with Crippen molar-refractivity contribution >= 4 is 5.97 Å². The second-order valence-electron chi connectivity index (χ2n) is 4.10. The minimum Gasteiger partial charge on any atom is -0.481 e. The second kappa shape index (κ2) is 5.54. The van der Waals surface area contributed by atoms with Crippen molar-refractivity contribution in [2.75, 3.05) is 0 Å². The molecule has 0 saturated carbocycles. The molecular weight excluding hydrogens is 188 g/mol. The Bertz CT molecular complexity index is 314. The fourth-order valence-electron chi connectivity index (χ4n) is 1.51. The Morgan fingerprint density at radius 1 is 1.27 bits per heavy atom. The smallest absolute Gasteiger partial charge is 0.307 e. The molecule has 0 fully saturated rings. The van der Waals surface area contributed by atoms with Crippen molar-refractivity contribution in [3.8, 4) is 0 Å². The Morgan fingerprint density at radius 3 is 2.27 bits per heavy atom. The molecule has 0 aromatic heterocycles. The van der Waals surface area contributed by atoms with E-state index in [4.69, 9.17) is 5.11 Å². The lowest BCUT2D eigenvalue weighted by molar-refractivity contribution is -0.136. The van der Waals surface area contributed by atoms with E-state index in [1.54, 1.807) is 0 Å². The summed E-state index contributed by atoms with van der Waals surface area (Å²) in [6, 6.07) is 7.88. The molecule has 1 aromatic rings. The molecule has 82 valence electrons. The summed E-state index contributed by atoms with van der Waals surface area (Å²) in [6.07, 6.45) is 2.37. The summed E-state index contributed by atoms with van der Waals surface area (Å²) in [6.45, 7) is 4.41. The van der Waals surface area contributed by atoms with Crippen molar-refractivity contribution in [3.05, 3.63) is 35.4 Å². The largest absolute Gasteiger partial charge is 0.481 e. The summed E-state index contributed by atoms with van der Waals surface area (Å²) >= 11 is 0. The van der Waals surface area contributed by atoms with Crippen LogP contribution in [0, 0.1) is 5.92 Å². The second-order valence-corrected chi connectivity index (χ2v) is 4.10. The van der Waals surface area contributed by atoms with E-state index in [1.807, 2.05) is 24.3 Å². The van der Waals surface area contributed by atoms with Crippen LogP contribution >= 0.6 is 0 Å². The molecule has 0 radical (unpaired) electrons. The van der Waals surface area contributed by atoms with Crippen LogP contribution in [0.2, 0.25) is 0 Å². The highest BCUT2D eigenvalue weighted by Crippen LogP contribution is 2.12. The van der Waals surface area contributed by atoms with Crippen molar-refractivity contribution in [1.29, 1.82) is 0 Å². The normalized spacial score (nSPS) is 12.4. The van der Waals surface area contributed by atoms with Crippen LogP contribution in [-0.2, 0) is 17.6 Å². The van der Waals surface area contributed by atoms with Crippen molar-refractivity contribution in [3.63, 3.8) is 0 Å². The number of carbonyl (C=O) groups is 1. The maximum atomic E-state index is 10.5. The van der Waals surface area contributed by atoms with Crippen molar-refractivity contribution in [2.45, 2.75) is 33.1 Å². The molecule has 1 rings (SSSR count). The van der Waals surface area contributed by atoms with E-state index in [0.29, 0.717) is 5.92 Å². The van der Waals surface area contributed by atoms with Gasteiger partial charge >= 0.3 is 5.97 Å². The molecular formula is C13H18O2. The van der Waals surface area contributed by atoms with Crippen LogP contribution in [0.15, 0.2) is 24.3 Å². The first-order valence-corrected chi connectivity index (χ1v) is 5.41. The molecule has 1 aromatic carbocycles. The van der Waals surface area contributed by atoms with Crippen LogP contribution < -0.4 is 0 Å². The third-order valence-electron chi connectivity index (χ3n) is 2.66. The van der Waals surface area contributed by atoms with Gasteiger partial charge < -0.3 is 5.11 Å². The van der Waals surface area contributed by atoms with Crippen molar-refractivity contribution in [2.24, 2.45) is 5.92 Å². The lowest BCUT2D eigenvalue weighted by Gasteiger charge is -2.08. The highest BCUT2D eigenvalue weighted by atomic mass is 16.4. The van der Waals surface area contributed by atoms with Gasteiger partial charge in [-0.15, -0.1) is 0 Å². The molecule has 0 saturated heterocycles. The topological polar surface area (TPSA) is 37.3 Å². The van der Waals surface area contributed by atoms with Gasteiger partial charge in [-0.25, -0.2) is 0 Å². The zero-order valence-electron chi connectivity index (χ0n) is 9.36. The molecule has 0 aliphatic carbocycles. The lowest BCUT2D eigenvalue weighted by Crippen LogP contribution is -2.01. The van der Waals surface area contributed by atoms with Crippen LogP contribution in [0.5, 0.6) is 0 Å². The number of hydrogen-bond acceptors (Lipinski definition) is 1. The molecule has 2 nitrogen and oxygen atoms in total. The Hall–Kier alpha value is -1.31. The summed E-state index contributed by atoms with van der Waals surface area (Å²) in [7, 11) is 0. The third-order valence-corrected chi connectivity index (χ3v) is 2.66. The molecule has 0 amide bonds. The Kier molecular flexibility index (Phi) is 4.35. The molecule has 0 heterocycles. The number of carboxylic acids is 1. The van der Waals surface area contributed by atoms with Gasteiger partial charge in [0.15, 0.2) is 0 Å². The lowest BCUT2D eigenvalue weighted by atomic mass is 9.98. The summed E-state index contributed by atoms with van der Waals surface area (Å²) < 4.78 is 0. The maximum Gasteiger partial charge on any atom is 0.307 e. The average Bonchev–Trinajstić information content (AvgIpc) is 2.20. The number of benzene rings is 1. The number of carboxylic acid groups (broad SMARTS) is 1. The Labute approximate surface area is 90.9 Å². The fourth-order valence-corrected chi connectivity index (χ4v) is 1.51. The van der Waals surface area contributed by atoms with Gasteiger partial charge in [0.25, 0.3) is 0 Å². The van der Waals surface area contributed by atoms with E-state index in [1.165, 1.54) is 12.0 Å². The highest BCUT2D eigenvalue weighted by molar-refractivity contribution is 5.70. The molecule has 0 unspecified atom stereocenters. The summed E-state index contributed by atoms with van der Waals surface area (Å²) in [5.41, 5.74) is 2.16. The van der Waals surface area contributed by atoms with Crippen LogP contribution in [0.3, 0.4) is 0 Å². The molecule has 0 aliphatic heterocycles. The van der Waals surface area contributed by atoms with Crippen molar-refractivity contribution in [1.82, 2.24) is 0 Å². The van der Waals surface area contributed by atoms with E-state index in [0.717, 1.165) is 12.0 Å². The molecule has 0 bridgehead atoms. The summed E-state index contributed by atoms with van der Waals surface area (Å²) in [4.78, 5) is 10.5. The van der Waals surface area contributed by atoms with Crippen molar-refractivity contribution < 1.29 is 9.90 Å². The zero-order chi connectivity index (χ0) is 11.3. The predicted octanol–water partition coefficient (Wildman–Crippen LogP) is 2.90. The maximum absolute atomic E-state index is 10.5. The monoisotopic (exact) mass is 206 g/mol. The SMILES string of the molecule is CC[C@H](C)Cc1ccc(CC(=O)O)cc1. The highest BCUT2D eigenvalue weighted by Gasteiger charge is 2.03. The van der Waals surface area contributed by atoms with Crippen LogP contribution in [0.25, 0.3) is 0 Å². The van der Waals surface area contributed by atoms with Gasteiger partial charge in [-0.2, -0.15) is 0 Å². The van der Waals surface area contributed by atoms with Gasteiger partial charge in [0.2, 0.25) is 0 Å². The molecule has 2 heteroatoms. The van der Waals surface area contributed by atoms with E-state index in [2.05, 4.69) is 13.8 Å². The molecule has 0 spiro atoms. The molecule has 1 atom stereocenters. The van der Waals surface area contributed by atoms with Gasteiger partial charge in [0, 0.05) is 0 Å². The fraction of sp³-hybridized carbons (Fsp3) is 0.462. The number of hydrogen-bond donors (Lipinski definition) is 1. The third kappa shape index (κ3) is 4.15. The first-order valence-electron chi connectivity index (χ1n) is 5.41. The number of rotatable bonds is 5. The van der Waals surface area contributed by atoms with Gasteiger partial charge in [0.1, 0.15) is 0 Å². The predicted molar refractivity (Wildman–Crippen MR) is 60.9 cm³/mol. The van der Waals surface area contributed by atoms with E-state index < -0.39 is 5.97 Å². The summed E-state index contributed by atoms with van der Waals surface area (Å²) in [5, 5.41) is 8.62. The summed E-state index contributed by atoms with van der Waals surface area (Å²) in [5.74, 6) is -0.0833. The Morgan fingerprint density at radius 2 is 1.80 bits per heavy atom. The minimum absolute atomic E-state index is 0.115. The molecule has 1 N–H and O–H groups in total. The van der Waals surface area contributed by atoms with E-state index in [-0.39, 0.29) is 6.42 Å². The van der Waals surface area contributed by atoms with E-state index >= 15 is 0 Å².